The van der Waals surface area contributed by atoms with Crippen LogP contribution < -0.4 is 5.32 Å². The number of rotatable bonds is 4. The lowest BCUT2D eigenvalue weighted by molar-refractivity contribution is 0.0954. The van der Waals surface area contributed by atoms with Crippen LogP contribution in [0.3, 0.4) is 0 Å². The molecule has 1 amide bonds. The molecule has 2 nitrogen and oxygen atoms in total. The van der Waals surface area contributed by atoms with Crippen molar-refractivity contribution in [2.75, 3.05) is 6.54 Å². The van der Waals surface area contributed by atoms with Gasteiger partial charge < -0.3 is 5.32 Å². The zero-order chi connectivity index (χ0) is 11.2. The first-order valence-corrected chi connectivity index (χ1v) is 6.10. The van der Waals surface area contributed by atoms with Crippen LogP contribution in [0.4, 0.5) is 0 Å². The predicted molar refractivity (Wildman–Crippen MR) is 66.8 cm³/mol. The quantitative estimate of drug-likeness (QED) is 0.861. The average molecular weight is 231 g/mol. The second kappa shape index (κ2) is 5.47. The molecule has 1 aromatic carbocycles. The van der Waals surface area contributed by atoms with Gasteiger partial charge in [-0.05, 0) is 30.0 Å². The van der Waals surface area contributed by atoms with Gasteiger partial charge in [-0.2, -0.15) is 0 Å². The summed E-state index contributed by atoms with van der Waals surface area (Å²) < 4.78 is 0. The Bertz CT molecular complexity index is 436. The van der Waals surface area contributed by atoms with E-state index >= 15 is 0 Å². The highest BCUT2D eigenvalue weighted by atomic mass is 32.1. The van der Waals surface area contributed by atoms with Crippen LogP contribution >= 0.6 is 11.3 Å². The molecule has 1 N–H and O–H groups in total. The van der Waals surface area contributed by atoms with E-state index in [1.54, 1.807) is 11.3 Å². The van der Waals surface area contributed by atoms with Crippen molar-refractivity contribution in [3.63, 3.8) is 0 Å². The Labute approximate surface area is 98.9 Å². The van der Waals surface area contributed by atoms with Crippen molar-refractivity contribution in [3.05, 3.63) is 58.3 Å². The summed E-state index contributed by atoms with van der Waals surface area (Å²) in [6, 6.07) is 13.4. The van der Waals surface area contributed by atoms with E-state index in [1.165, 1.54) is 4.88 Å². The highest BCUT2D eigenvalue weighted by Crippen LogP contribution is 2.08. The molecule has 0 saturated carbocycles. The van der Waals surface area contributed by atoms with Gasteiger partial charge in [0.2, 0.25) is 0 Å². The lowest BCUT2D eigenvalue weighted by Gasteiger charge is -2.03. The van der Waals surface area contributed by atoms with E-state index < -0.39 is 0 Å². The summed E-state index contributed by atoms with van der Waals surface area (Å²) in [5, 5.41) is 4.95. The smallest absolute Gasteiger partial charge is 0.251 e. The second-order valence-corrected chi connectivity index (χ2v) is 4.48. The molecule has 2 aromatic rings. The van der Waals surface area contributed by atoms with Gasteiger partial charge in [0.1, 0.15) is 0 Å². The third-order valence-corrected chi connectivity index (χ3v) is 3.21. The predicted octanol–water partition coefficient (Wildman–Crippen LogP) is 2.72. The molecule has 0 radical (unpaired) electrons. The fourth-order valence-electron chi connectivity index (χ4n) is 1.45. The number of benzene rings is 1. The molecule has 0 unspecified atom stereocenters. The number of amides is 1. The number of hydrogen-bond acceptors (Lipinski definition) is 2. The molecular formula is C13H13NOS. The molecule has 82 valence electrons. The number of carbonyl (C=O) groups is 1. The third kappa shape index (κ3) is 2.94. The van der Waals surface area contributed by atoms with E-state index in [4.69, 9.17) is 0 Å². The molecule has 16 heavy (non-hydrogen) atoms. The molecule has 2 rings (SSSR count). The summed E-state index contributed by atoms with van der Waals surface area (Å²) in [5.41, 5.74) is 0.716. The van der Waals surface area contributed by atoms with Crippen LogP contribution in [-0.4, -0.2) is 12.5 Å². The van der Waals surface area contributed by atoms with E-state index in [9.17, 15) is 4.79 Å². The van der Waals surface area contributed by atoms with E-state index in [0.29, 0.717) is 12.1 Å². The van der Waals surface area contributed by atoms with Crippen LogP contribution in [0.2, 0.25) is 0 Å². The zero-order valence-corrected chi connectivity index (χ0v) is 9.67. The lowest BCUT2D eigenvalue weighted by Crippen LogP contribution is -2.25. The Balaban J connectivity index is 1.81. The van der Waals surface area contributed by atoms with Crippen LogP contribution in [-0.2, 0) is 6.42 Å². The minimum Gasteiger partial charge on any atom is -0.352 e. The number of carbonyl (C=O) groups excluding carboxylic acids is 1. The summed E-state index contributed by atoms with van der Waals surface area (Å²) in [4.78, 5) is 13.0. The fourth-order valence-corrected chi connectivity index (χ4v) is 2.15. The molecule has 3 heteroatoms. The highest BCUT2D eigenvalue weighted by molar-refractivity contribution is 7.09. The molecule has 0 spiro atoms. The molecule has 1 heterocycles. The summed E-state index contributed by atoms with van der Waals surface area (Å²) in [6.45, 7) is 0.689. The van der Waals surface area contributed by atoms with Gasteiger partial charge in [0.25, 0.3) is 5.91 Å². The Morgan fingerprint density at radius 1 is 1.12 bits per heavy atom. The molecule has 0 aliphatic heterocycles. The monoisotopic (exact) mass is 231 g/mol. The zero-order valence-electron chi connectivity index (χ0n) is 8.85. The van der Waals surface area contributed by atoms with Crippen molar-refractivity contribution in [1.29, 1.82) is 0 Å². The van der Waals surface area contributed by atoms with Crippen LogP contribution in [0, 0.1) is 0 Å². The van der Waals surface area contributed by atoms with Crippen molar-refractivity contribution in [1.82, 2.24) is 5.32 Å². The first-order chi connectivity index (χ1) is 7.86. The molecule has 0 aliphatic rings. The maximum atomic E-state index is 11.7. The first kappa shape index (κ1) is 10.9. The third-order valence-electron chi connectivity index (χ3n) is 2.27. The molecule has 0 aliphatic carbocycles. The van der Waals surface area contributed by atoms with Crippen LogP contribution in [0.25, 0.3) is 0 Å². The minimum atomic E-state index is -0.00263. The van der Waals surface area contributed by atoms with Gasteiger partial charge in [-0.25, -0.2) is 0 Å². The normalized spacial score (nSPS) is 10.0. The van der Waals surface area contributed by atoms with Crippen molar-refractivity contribution in [2.45, 2.75) is 6.42 Å². The van der Waals surface area contributed by atoms with Crippen molar-refractivity contribution in [3.8, 4) is 0 Å². The van der Waals surface area contributed by atoms with Crippen molar-refractivity contribution >= 4 is 17.2 Å². The summed E-state index contributed by atoms with van der Waals surface area (Å²) in [7, 11) is 0. The Kier molecular flexibility index (Phi) is 3.72. The van der Waals surface area contributed by atoms with E-state index in [-0.39, 0.29) is 5.91 Å². The Morgan fingerprint density at radius 2 is 1.94 bits per heavy atom. The molecular weight excluding hydrogens is 218 g/mol. The minimum absolute atomic E-state index is 0.00263. The van der Waals surface area contributed by atoms with Gasteiger partial charge in [-0.3, -0.25) is 4.79 Å². The Morgan fingerprint density at radius 3 is 2.62 bits per heavy atom. The van der Waals surface area contributed by atoms with E-state index in [2.05, 4.69) is 11.4 Å². The SMILES string of the molecule is O=C(NCCc1cccs1)c1ccccc1. The van der Waals surface area contributed by atoms with Gasteiger partial charge in [0.05, 0.1) is 0 Å². The topological polar surface area (TPSA) is 29.1 Å². The average Bonchev–Trinajstić information content (AvgIpc) is 2.83. The highest BCUT2D eigenvalue weighted by Gasteiger charge is 2.03. The van der Waals surface area contributed by atoms with Crippen molar-refractivity contribution in [2.24, 2.45) is 0 Å². The summed E-state index contributed by atoms with van der Waals surface area (Å²) in [6.07, 6.45) is 0.899. The van der Waals surface area contributed by atoms with Gasteiger partial charge >= 0.3 is 0 Å². The van der Waals surface area contributed by atoms with E-state index in [1.807, 2.05) is 41.8 Å². The van der Waals surface area contributed by atoms with E-state index in [0.717, 1.165) is 6.42 Å². The van der Waals surface area contributed by atoms with Gasteiger partial charge in [-0.15, -0.1) is 11.3 Å². The van der Waals surface area contributed by atoms with Crippen LogP contribution in [0.15, 0.2) is 47.8 Å². The maximum Gasteiger partial charge on any atom is 0.251 e. The molecule has 0 saturated heterocycles. The van der Waals surface area contributed by atoms with Crippen LogP contribution in [0.1, 0.15) is 15.2 Å². The number of thiophene rings is 1. The fraction of sp³-hybridized carbons (Fsp3) is 0.154. The summed E-state index contributed by atoms with van der Waals surface area (Å²) >= 11 is 1.72. The second-order valence-electron chi connectivity index (χ2n) is 3.45. The lowest BCUT2D eigenvalue weighted by atomic mass is 10.2. The number of nitrogens with one attached hydrogen (secondary N) is 1. The van der Waals surface area contributed by atoms with Gasteiger partial charge in [0, 0.05) is 17.0 Å². The molecule has 1 aromatic heterocycles. The maximum absolute atomic E-state index is 11.7. The Hall–Kier alpha value is -1.61. The molecule has 0 bridgehead atoms. The molecule has 0 fully saturated rings. The largest absolute Gasteiger partial charge is 0.352 e. The first-order valence-electron chi connectivity index (χ1n) is 5.22. The number of hydrogen-bond donors (Lipinski definition) is 1. The standard InChI is InChI=1S/C13H13NOS/c15-13(11-5-2-1-3-6-11)14-9-8-12-7-4-10-16-12/h1-7,10H,8-9H2,(H,14,15). The molecule has 0 atom stereocenters. The van der Waals surface area contributed by atoms with Crippen molar-refractivity contribution < 1.29 is 4.79 Å². The summed E-state index contributed by atoms with van der Waals surface area (Å²) in [5.74, 6) is -0.00263. The van der Waals surface area contributed by atoms with Crippen LogP contribution in [0.5, 0.6) is 0 Å². The van der Waals surface area contributed by atoms with Gasteiger partial charge in [-0.1, -0.05) is 24.3 Å². The van der Waals surface area contributed by atoms with Gasteiger partial charge in [0.15, 0.2) is 0 Å².